The Balaban J connectivity index is 2.86. The van der Waals surface area contributed by atoms with Crippen LogP contribution in [0.25, 0.3) is 0 Å². The summed E-state index contributed by atoms with van der Waals surface area (Å²) >= 11 is 0. The lowest BCUT2D eigenvalue weighted by Gasteiger charge is -1.96. The van der Waals surface area contributed by atoms with Crippen LogP contribution in [0.4, 0.5) is 0 Å². The summed E-state index contributed by atoms with van der Waals surface area (Å²) in [7, 11) is 1.86. The molecule has 0 saturated heterocycles. The maximum Gasteiger partial charge on any atom is 0.282 e. The predicted octanol–water partition coefficient (Wildman–Crippen LogP) is -1.20. The topological polar surface area (TPSA) is 49.3 Å². The van der Waals surface area contributed by atoms with Gasteiger partial charge in [0.2, 0.25) is 0 Å². The third kappa shape index (κ3) is 1.58. The van der Waals surface area contributed by atoms with Crippen LogP contribution in [0.1, 0.15) is 5.82 Å². The van der Waals surface area contributed by atoms with Gasteiger partial charge < -0.3 is 10.2 Å². The van der Waals surface area contributed by atoms with E-state index in [1.807, 2.05) is 28.6 Å². The lowest BCUT2D eigenvalue weighted by Crippen LogP contribution is -2.32. The van der Waals surface area contributed by atoms with E-state index >= 15 is 0 Å². The number of aliphatic hydroxyl groups excluding tert-OH is 2. The van der Waals surface area contributed by atoms with E-state index in [9.17, 15) is 0 Å². The molecule has 1 rings (SSSR count). The number of aromatic nitrogens is 2. The van der Waals surface area contributed by atoms with Gasteiger partial charge in [-0.25, -0.2) is 9.13 Å². The summed E-state index contributed by atoms with van der Waals surface area (Å²) < 4.78 is 3.65. The largest absolute Gasteiger partial charge is 0.392 e. The molecule has 0 radical (unpaired) electrons. The molecule has 0 unspecified atom stereocenters. The molecule has 0 aliphatic rings. The van der Waals surface area contributed by atoms with Crippen LogP contribution in [-0.4, -0.2) is 21.4 Å². The zero-order chi connectivity index (χ0) is 8.27. The van der Waals surface area contributed by atoms with Crippen molar-refractivity contribution >= 4 is 0 Å². The molecule has 0 saturated carbocycles. The van der Waals surface area contributed by atoms with Crippen molar-refractivity contribution in [2.24, 2.45) is 7.05 Å². The van der Waals surface area contributed by atoms with Gasteiger partial charge in [-0.2, -0.15) is 0 Å². The SMILES string of the molecule is C[n+]1ccn(CCO)c1CO. The van der Waals surface area contributed by atoms with Crippen LogP contribution in [0.3, 0.4) is 0 Å². The summed E-state index contributed by atoms with van der Waals surface area (Å²) in [6.07, 6.45) is 3.68. The van der Waals surface area contributed by atoms with E-state index < -0.39 is 0 Å². The molecular formula is C7H13N2O2+. The third-order valence-electron chi connectivity index (χ3n) is 1.69. The first-order chi connectivity index (χ1) is 5.29. The Kier molecular flexibility index (Phi) is 2.62. The quantitative estimate of drug-likeness (QED) is 0.541. The molecule has 2 N–H and O–H groups in total. The van der Waals surface area contributed by atoms with Crippen molar-refractivity contribution in [3.8, 4) is 0 Å². The van der Waals surface area contributed by atoms with E-state index in [-0.39, 0.29) is 13.2 Å². The van der Waals surface area contributed by atoms with E-state index in [0.29, 0.717) is 6.54 Å². The molecule has 1 aromatic heterocycles. The zero-order valence-electron chi connectivity index (χ0n) is 6.56. The average Bonchev–Trinajstić information content (AvgIpc) is 2.33. The van der Waals surface area contributed by atoms with Crippen molar-refractivity contribution in [2.75, 3.05) is 6.61 Å². The maximum absolute atomic E-state index is 8.89. The van der Waals surface area contributed by atoms with Gasteiger partial charge in [-0.3, -0.25) is 0 Å². The van der Waals surface area contributed by atoms with Crippen LogP contribution in [-0.2, 0) is 20.2 Å². The van der Waals surface area contributed by atoms with Crippen LogP contribution >= 0.6 is 0 Å². The first-order valence-electron chi connectivity index (χ1n) is 3.55. The molecule has 1 aromatic rings. The Morgan fingerprint density at radius 2 is 2.27 bits per heavy atom. The Labute approximate surface area is 65.3 Å². The highest BCUT2D eigenvalue weighted by molar-refractivity contribution is 4.80. The molecule has 62 valence electrons. The fraction of sp³-hybridized carbons (Fsp3) is 0.571. The minimum Gasteiger partial charge on any atom is -0.392 e. The Morgan fingerprint density at radius 3 is 2.82 bits per heavy atom. The summed E-state index contributed by atoms with van der Waals surface area (Å²) in [4.78, 5) is 0. The average molecular weight is 157 g/mol. The number of hydrogen-bond donors (Lipinski definition) is 2. The van der Waals surface area contributed by atoms with Crippen molar-refractivity contribution in [1.29, 1.82) is 0 Å². The summed E-state index contributed by atoms with van der Waals surface area (Å²) in [6, 6.07) is 0. The maximum atomic E-state index is 8.89. The molecule has 4 nitrogen and oxygen atoms in total. The molecule has 0 amide bonds. The Hall–Kier alpha value is -0.870. The van der Waals surface area contributed by atoms with E-state index in [4.69, 9.17) is 10.2 Å². The number of nitrogens with zero attached hydrogens (tertiary/aromatic N) is 2. The number of aliphatic hydroxyl groups is 2. The summed E-state index contributed by atoms with van der Waals surface area (Å²) in [5.41, 5.74) is 0. The predicted molar refractivity (Wildman–Crippen MR) is 38.6 cm³/mol. The van der Waals surface area contributed by atoms with E-state index in [0.717, 1.165) is 5.82 Å². The number of rotatable bonds is 3. The van der Waals surface area contributed by atoms with Gasteiger partial charge in [0.05, 0.1) is 13.7 Å². The number of imidazole rings is 1. The molecule has 0 aromatic carbocycles. The van der Waals surface area contributed by atoms with Gasteiger partial charge in [0, 0.05) is 0 Å². The van der Waals surface area contributed by atoms with Gasteiger partial charge in [0.15, 0.2) is 0 Å². The third-order valence-corrected chi connectivity index (χ3v) is 1.69. The minimum atomic E-state index is 0.00347. The minimum absolute atomic E-state index is 0.00347. The second-order valence-electron chi connectivity index (χ2n) is 2.40. The fourth-order valence-corrected chi connectivity index (χ4v) is 1.07. The van der Waals surface area contributed by atoms with Gasteiger partial charge in [-0.05, 0) is 0 Å². The zero-order valence-corrected chi connectivity index (χ0v) is 6.56. The summed E-state index contributed by atoms with van der Waals surface area (Å²) in [5.74, 6) is 0.805. The highest BCUT2D eigenvalue weighted by Gasteiger charge is 2.11. The molecule has 4 heteroatoms. The van der Waals surface area contributed by atoms with Crippen molar-refractivity contribution in [3.63, 3.8) is 0 Å². The Morgan fingerprint density at radius 1 is 1.55 bits per heavy atom. The highest BCUT2D eigenvalue weighted by Crippen LogP contribution is 1.93. The molecule has 0 aliphatic carbocycles. The van der Waals surface area contributed by atoms with Gasteiger partial charge >= 0.3 is 0 Å². The lowest BCUT2D eigenvalue weighted by molar-refractivity contribution is -0.680. The monoisotopic (exact) mass is 157 g/mol. The van der Waals surface area contributed by atoms with Crippen molar-refractivity contribution < 1.29 is 14.8 Å². The van der Waals surface area contributed by atoms with Gasteiger partial charge in [0.25, 0.3) is 5.82 Å². The van der Waals surface area contributed by atoms with Gasteiger partial charge in [-0.15, -0.1) is 0 Å². The van der Waals surface area contributed by atoms with E-state index in [1.165, 1.54) is 0 Å². The van der Waals surface area contributed by atoms with Crippen LogP contribution in [0.5, 0.6) is 0 Å². The molecule has 0 atom stereocenters. The van der Waals surface area contributed by atoms with Crippen LogP contribution < -0.4 is 4.57 Å². The molecule has 0 fully saturated rings. The fourth-order valence-electron chi connectivity index (χ4n) is 1.07. The molecule has 1 heterocycles. The second kappa shape index (κ2) is 3.50. The normalized spacial score (nSPS) is 10.5. The van der Waals surface area contributed by atoms with Crippen molar-refractivity contribution in [3.05, 3.63) is 18.2 Å². The van der Waals surface area contributed by atoms with Crippen molar-refractivity contribution in [2.45, 2.75) is 13.2 Å². The van der Waals surface area contributed by atoms with E-state index in [2.05, 4.69) is 0 Å². The van der Waals surface area contributed by atoms with E-state index in [1.54, 1.807) is 0 Å². The highest BCUT2D eigenvalue weighted by atomic mass is 16.3. The van der Waals surface area contributed by atoms with Gasteiger partial charge in [-0.1, -0.05) is 0 Å². The smallest absolute Gasteiger partial charge is 0.282 e. The first kappa shape index (κ1) is 8.23. The summed E-state index contributed by atoms with van der Waals surface area (Å²) in [6.45, 7) is 0.641. The summed E-state index contributed by atoms with van der Waals surface area (Å²) in [5, 5.41) is 17.5. The number of aryl methyl sites for hydroxylation is 1. The van der Waals surface area contributed by atoms with Gasteiger partial charge in [0.1, 0.15) is 25.5 Å². The second-order valence-corrected chi connectivity index (χ2v) is 2.40. The standard InChI is InChI=1S/C7H13N2O2/c1-8-2-3-9(4-5-10)7(8)6-11/h2-3,10-11H,4-6H2,1H3/q+1. The van der Waals surface area contributed by atoms with Crippen LogP contribution in [0, 0.1) is 0 Å². The first-order valence-corrected chi connectivity index (χ1v) is 3.55. The number of hydrogen-bond acceptors (Lipinski definition) is 2. The Bertz CT molecular complexity index is 232. The molecular weight excluding hydrogens is 144 g/mol. The molecule has 0 aliphatic heterocycles. The molecule has 0 bridgehead atoms. The lowest BCUT2D eigenvalue weighted by atomic mass is 10.6. The van der Waals surface area contributed by atoms with Crippen LogP contribution in [0.15, 0.2) is 12.4 Å². The van der Waals surface area contributed by atoms with Crippen molar-refractivity contribution in [1.82, 2.24) is 4.57 Å². The van der Waals surface area contributed by atoms with Crippen LogP contribution in [0.2, 0.25) is 0 Å². The molecule has 11 heavy (non-hydrogen) atoms. The molecule has 0 spiro atoms.